The summed E-state index contributed by atoms with van der Waals surface area (Å²) in [5.74, 6) is -1.50. The zero-order chi connectivity index (χ0) is 21.7. The van der Waals surface area contributed by atoms with Gasteiger partial charge in [0.15, 0.2) is 0 Å². The topological polar surface area (TPSA) is 81.5 Å². The first-order chi connectivity index (χ1) is 14.4. The third kappa shape index (κ3) is 4.78. The third-order valence-electron chi connectivity index (χ3n) is 4.74. The molecule has 0 amide bonds. The smallest absolute Gasteiger partial charge is 0.337 e. The lowest BCUT2D eigenvalue weighted by atomic mass is 9.84. The Balaban J connectivity index is 1.88. The van der Waals surface area contributed by atoms with Gasteiger partial charge in [0, 0.05) is 10.7 Å². The van der Waals surface area contributed by atoms with Gasteiger partial charge in [0.05, 0.1) is 16.2 Å². The van der Waals surface area contributed by atoms with Crippen molar-refractivity contribution in [2.75, 3.05) is 6.61 Å². The fourth-order valence-corrected chi connectivity index (χ4v) is 3.65. The Morgan fingerprint density at radius 2 is 1.90 bits per heavy atom. The van der Waals surface area contributed by atoms with E-state index in [0.717, 1.165) is 5.56 Å². The van der Waals surface area contributed by atoms with E-state index in [1.165, 1.54) is 0 Å². The number of esters is 1. The number of halogens is 1. The number of carbonyl (C=O) groups excluding carboxylic acids is 1. The minimum atomic E-state index is -0.884. The molecule has 0 radical (unpaired) electrons. The molecular weight excluding hydrogens is 404 g/mol. The highest BCUT2D eigenvalue weighted by Crippen LogP contribution is 2.39. The van der Waals surface area contributed by atoms with Crippen molar-refractivity contribution in [1.82, 2.24) is 5.32 Å². The van der Waals surface area contributed by atoms with E-state index in [0.29, 0.717) is 22.0 Å². The molecule has 1 aliphatic heterocycles. The molecule has 1 N–H and O–H groups in total. The summed E-state index contributed by atoms with van der Waals surface area (Å²) in [5.41, 5.74) is 2.52. The molecule has 0 fully saturated rings. The summed E-state index contributed by atoms with van der Waals surface area (Å²) in [6, 6.07) is 16.3. The molecule has 2 aromatic carbocycles. The highest BCUT2D eigenvalue weighted by molar-refractivity contribution is 6.30. The second-order valence-corrected chi connectivity index (χ2v) is 7.27. The number of allylic oxidation sites excluding steroid dienone is 3. The summed E-state index contributed by atoms with van der Waals surface area (Å²) in [4.78, 5) is 24.3. The van der Waals surface area contributed by atoms with Crippen molar-refractivity contribution in [3.63, 3.8) is 0 Å². The predicted molar refractivity (Wildman–Crippen MR) is 116 cm³/mol. The highest BCUT2D eigenvalue weighted by Gasteiger charge is 2.40. The monoisotopic (exact) mass is 424 g/mol. The number of benzene rings is 2. The van der Waals surface area contributed by atoms with Crippen LogP contribution in [0.1, 0.15) is 30.9 Å². The molecule has 1 heterocycles. The molecule has 0 aliphatic carbocycles. The zero-order valence-electron chi connectivity index (χ0n) is 16.6. The van der Waals surface area contributed by atoms with Gasteiger partial charge in [-0.05, 0) is 43.2 Å². The van der Waals surface area contributed by atoms with Crippen molar-refractivity contribution in [3.05, 3.63) is 110 Å². The summed E-state index contributed by atoms with van der Waals surface area (Å²) in [7, 11) is 0. The summed E-state index contributed by atoms with van der Waals surface area (Å²) in [6.07, 6.45) is 3.57. The molecule has 0 saturated carbocycles. The van der Waals surface area contributed by atoms with E-state index in [4.69, 9.17) is 16.3 Å². The Morgan fingerprint density at radius 1 is 1.17 bits per heavy atom. The number of nitrogens with one attached hydrogen (secondary N) is 1. The Bertz CT molecular complexity index is 1060. The molecule has 0 bridgehead atoms. The maximum absolute atomic E-state index is 12.9. The zero-order valence-corrected chi connectivity index (χ0v) is 17.3. The minimum absolute atomic E-state index is 0.0449. The Morgan fingerprint density at radius 3 is 2.57 bits per heavy atom. The molecule has 0 spiro atoms. The average Bonchev–Trinajstić information content (AvgIpc) is 2.71. The van der Waals surface area contributed by atoms with Crippen LogP contribution in [0.15, 0.2) is 83.3 Å². The van der Waals surface area contributed by atoms with E-state index in [2.05, 4.69) is 5.32 Å². The number of dihydropyridines is 1. The number of ether oxygens (including phenoxy) is 1. The van der Waals surface area contributed by atoms with Gasteiger partial charge in [-0.25, -0.2) is 4.79 Å². The largest absolute Gasteiger partial charge is 0.458 e. The van der Waals surface area contributed by atoms with E-state index < -0.39 is 16.8 Å². The van der Waals surface area contributed by atoms with Crippen LogP contribution >= 0.6 is 11.6 Å². The van der Waals surface area contributed by atoms with Crippen molar-refractivity contribution < 1.29 is 14.5 Å². The lowest BCUT2D eigenvalue weighted by Gasteiger charge is -2.26. The van der Waals surface area contributed by atoms with E-state index >= 15 is 0 Å². The first kappa shape index (κ1) is 21.3. The van der Waals surface area contributed by atoms with Gasteiger partial charge < -0.3 is 10.1 Å². The Kier molecular flexibility index (Phi) is 6.69. The van der Waals surface area contributed by atoms with Gasteiger partial charge in [0.1, 0.15) is 12.5 Å². The molecule has 6 nitrogen and oxygen atoms in total. The van der Waals surface area contributed by atoms with Gasteiger partial charge in [-0.2, -0.15) is 0 Å². The van der Waals surface area contributed by atoms with Gasteiger partial charge >= 0.3 is 5.97 Å². The Labute approximate surface area is 179 Å². The van der Waals surface area contributed by atoms with Crippen molar-refractivity contribution in [1.29, 1.82) is 0 Å². The van der Waals surface area contributed by atoms with Gasteiger partial charge in [-0.3, -0.25) is 10.1 Å². The van der Waals surface area contributed by atoms with E-state index in [-0.39, 0.29) is 17.9 Å². The third-order valence-corrected chi connectivity index (χ3v) is 4.98. The fraction of sp³-hybridized carbons (Fsp3) is 0.174. The van der Waals surface area contributed by atoms with Crippen LogP contribution in [0, 0.1) is 10.1 Å². The normalized spacial score (nSPS) is 16.6. The van der Waals surface area contributed by atoms with Gasteiger partial charge in [-0.1, -0.05) is 60.1 Å². The van der Waals surface area contributed by atoms with Gasteiger partial charge in [0.2, 0.25) is 0 Å². The second kappa shape index (κ2) is 9.41. The molecule has 0 saturated heterocycles. The second-order valence-electron chi connectivity index (χ2n) is 6.83. The number of carbonyl (C=O) groups is 1. The molecule has 1 unspecified atom stereocenters. The van der Waals surface area contributed by atoms with E-state index in [1.807, 2.05) is 36.4 Å². The van der Waals surface area contributed by atoms with E-state index in [1.54, 1.807) is 44.2 Å². The van der Waals surface area contributed by atoms with Crippen LogP contribution in [0.5, 0.6) is 0 Å². The molecule has 154 valence electrons. The van der Waals surface area contributed by atoms with Gasteiger partial charge in [0.25, 0.3) is 5.70 Å². The van der Waals surface area contributed by atoms with Gasteiger partial charge in [-0.15, -0.1) is 0 Å². The maximum Gasteiger partial charge on any atom is 0.337 e. The number of hydrogen-bond acceptors (Lipinski definition) is 5. The van der Waals surface area contributed by atoms with Crippen molar-refractivity contribution in [2.45, 2.75) is 19.8 Å². The van der Waals surface area contributed by atoms with Crippen LogP contribution in [-0.2, 0) is 9.53 Å². The van der Waals surface area contributed by atoms with Crippen molar-refractivity contribution >= 4 is 23.6 Å². The quantitative estimate of drug-likeness (QED) is 0.398. The minimum Gasteiger partial charge on any atom is -0.458 e. The highest BCUT2D eigenvalue weighted by atomic mass is 35.5. The average molecular weight is 425 g/mol. The summed E-state index contributed by atoms with van der Waals surface area (Å²) in [6.45, 7) is 3.36. The molecule has 1 atom stereocenters. The lowest BCUT2D eigenvalue weighted by Crippen LogP contribution is -2.31. The molecular formula is C23H21ClN2O4. The predicted octanol–water partition coefficient (Wildman–Crippen LogP) is 5.07. The first-order valence-corrected chi connectivity index (χ1v) is 9.73. The lowest BCUT2D eigenvalue weighted by molar-refractivity contribution is -0.431. The van der Waals surface area contributed by atoms with Crippen LogP contribution in [0.2, 0.25) is 5.02 Å². The number of hydrogen-bond donors (Lipinski definition) is 1. The fourth-order valence-electron chi connectivity index (χ4n) is 3.46. The number of nitro groups is 1. The van der Waals surface area contributed by atoms with Crippen LogP contribution in [0.25, 0.3) is 6.08 Å². The molecule has 0 aromatic heterocycles. The summed E-state index contributed by atoms with van der Waals surface area (Å²) < 4.78 is 5.42. The van der Waals surface area contributed by atoms with Crippen molar-refractivity contribution in [3.8, 4) is 0 Å². The van der Waals surface area contributed by atoms with Crippen LogP contribution in [0.3, 0.4) is 0 Å². The van der Waals surface area contributed by atoms with Crippen molar-refractivity contribution in [2.24, 2.45) is 0 Å². The number of rotatable bonds is 6. The molecule has 30 heavy (non-hydrogen) atoms. The first-order valence-electron chi connectivity index (χ1n) is 9.35. The van der Waals surface area contributed by atoms with Crippen LogP contribution < -0.4 is 5.32 Å². The molecule has 3 rings (SSSR count). The van der Waals surface area contributed by atoms with Crippen LogP contribution in [-0.4, -0.2) is 17.5 Å². The Hall–Kier alpha value is -3.38. The summed E-state index contributed by atoms with van der Waals surface area (Å²) in [5, 5.41) is 15.2. The molecule has 2 aromatic rings. The van der Waals surface area contributed by atoms with E-state index in [9.17, 15) is 14.9 Å². The standard InChI is InChI=1S/C23H21ClN2O4/c1-15-20(23(27)30-13-7-10-17-8-4-3-5-9-17)21(18-11-6-12-19(24)14-18)22(26(28)29)16(2)25-15/h3-12,14,21,25H,13H2,1-2H3. The molecule has 7 heteroatoms. The number of nitrogens with zero attached hydrogens (tertiary/aromatic N) is 1. The SMILES string of the molecule is CC1=C(C(=O)OCC=Cc2ccccc2)C(c2cccc(Cl)c2)C([N+](=O)[O-])=C(C)N1. The summed E-state index contributed by atoms with van der Waals surface area (Å²) >= 11 is 6.11. The maximum atomic E-state index is 12.9. The molecule has 1 aliphatic rings. The van der Waals surface area contributed by atoms with Crippen LogP contribution in [0.4, 0.5) is 0 Å².